The van der Waals surface area contributed by atoms with Gasteiger partial charge in [0.15, 0.2) is 0 Å². The van der Waals surface area contributed by atoms with Crippen LogP contribution in [-0.2, 0) is 18.9 Å². The van der Waals surface area contributed by atoms with Crippen molar-refractivity contribution in [3.05, 3.63) is 42.7 Å². The first kappa shape index (κ1) is 21.0. The van der Waals surface area contributed by atoms with Crippen molar-refractivity contribution in [3.63, 3.8) is 0 Å². The number of benzene rings is 1. The Bertz CT molecular complexity index is 910. The minimum Gasteiger partial charge on any atom is -0.399 e. The highest BCUT2D eigenvalue weighted by Crippen LogP contribution is 2.36. The van der Waals surface area contributed by atoms with E-state index in [-0.39, 0.29) is 0 Å². The lowest BCUT2D eigenvalue weighted by atomic mass is 9.79. The fourth-order valence-corrected chi connectivity index (χ4v) is 2.86. The molecule has 1 saturated heterocycles. The predicted molar refractivity (Wildman–Crippen MR) is 113 cm³/mol. The maximum atomic E-state index is 11.9. The molecule has 0 saturated carbocycles. The molecule has 2 aromatic rings. The summed E-state index contributed by atoms with van der Waals surface area (Å²) in [6, 6.07) is 9.20. The number of aromatic nitrogens is 1. The summed E-state index contributed by atoms with van der Waals surface area (Å²) in [5, 5.41) is 2.59. The van der Waals surface area contributed by atoms with Gasteiger partial charge in [0.05, 0.1) is 11.2 Å². The van der Waals surface area contributed by atoms with Crippen molar-refractivity contribution < 1.29 is 18.9 Å². The Hall–Kier alpha value is -2.71. The molecule has 0 spiro atoms. The molecule has 1 fully saturated rings. The predicted octanol–water partition coefficient (Wildman–Crippen LogP) is 2.07. The van der Waals surface area contributed by atoms with Gasteiger partial charge in [0.2, 0.25) is 0 Å². The van der Waals surface area contributed by atoms with E-state index >= 15 is 0 Å². The zero-order valence-electron chi connectivity index (χ0n) is 17.6. The number of hydrogen-bond donors (Lipinski definition) is 1. The maximum Gasteiger partial charge on any atom is 0.496 e. The molecular weight excluding hydrogens is 369 g/mol. The molecule has 0 bridgehead atoms. The third-order valence-electron chi connectivity index (χ3n) is 5.36. The van der Waals surface area contributed by atoms with Crippen LogP contribution in [0.25, 0.3) is 11.1 Å². The molecule has 152 valence electrons. The number of hydrogen-bond acceptors (Lipinski definition) is 5. The normalized spacial score (nSPS) is 17.1. The Morgan fingerprint density at radius 3 is 2.10 bits per heavy atom. The van der Waals surface area contributed by atoms with Crippen molar-refractivity contribution in [3.8, 4) is 11.1 Å². The van der Waals surface area contributed by atoms with Gasteiger partial charge < -0.3 is 19.5 Å². The van der Waals surface area contributed by atoms with Crippen LogP contribution in [0.3, 0.4) is 0 Å². The van der Waals surface area contributed by atoms with Gasteiger partial charge in [0.25, 0.3) is 0 Å². The second-order valence-corrected chi connectivity index (χ2v) is 8.33. The number of carbonyl (C=O) groups excluding carboxylic acids is 2. The van der Waals surface area contributed by atoms with Gasteiger partial charge in [-0.05, 0) is 51.0 Å². The molecule has 2 amide bonds. The van der Waals surface area contributed by atoms with Crippen LogP contribution in [0.1, 0.15) is 27.7 Å². The van der Waals surface area contributed by atoms with Crippen molar-refractivity contribution in [2.45, 2.75) is 38.9 Å². The molecule has 1 aromatic carbocycles. The summed E-state index contributed by atoms with van der Waals surface area (Å²) in [5.74, 6) is -1.28. The molecule has 1 N–H and O–H groups in total. The average Bonchev–Trinajstić information content (AvgIpc) is 2.89. The number of amides is 2. The standard InChI is InChI=1S/C21H26BN3O4/c1-20(2)21(3,4)29-22(28-20)16-11-15(12-23-13-16)14-7-9-17(10-8-14)24-18(26)19(27)25(5)6/h7-13H,1-6H3,(H,24,26). The monoisotopic (exact) mass is 395 g/mol. The van der Waals surface area contributed by atoms with Crippen LogP contribution < -0.4 is 10.8 Å². The number of carbonyl (C=O) groups is 2. The largest absolute Gasteiger partial charge is 0.496 e. The molecule has 2 heterocycles. The van der Waals surface area contributed by atoms with E-state index in [1.54, 1.807) is 24.5 Å². The quantitative estimate of drug-likeness (QED) is 0.636. The Kier molecular flexibility index (Phi) is 5.51. The molecule has 29 heavy (non-hydrogen) atoms. The van der Waals surface area contributed by atoms with Crippen molar-refractivity contribution in [2.24, 2.45) is 0 Å². The summed E-state index contributed by atoms with van der Waals surface area (Å²) < 4.78 is 12.2. The molecule has 3 rings (SSSR count). The van der Waals surface area contributed by atoms with E-state index in [4.69, 9.17) is 9.31 Å². The van der Waals surface area contributed by atoms with Crippen LogP contribution in [0.5, 0.6) is 0 Å². The van der Waals surface area contributed by atoms with Gasteiger partial charge in [0.1, 0.15) is 0 Å². The lowest BCUT2D eigenvalue weighted by Crippen LogP contribution is -2.41. The molecule has 0 aliphatic carbocycles. The second kappa shape index (κ2) is 7.61. The van der Waals surface area contributed by atoms with Crippen LogP contribution in [0.15, 0.2) is 42.7 Å². The zero-order chi connectivity index (χ0) is 21.4. The van der Waals surface area contributed by atoms with Crippen LogP contribution in [0.2, 0.25) is 0 Å². The van der Waals surface area contributed by atoms with Crippen LogP contribution in [0.4, 0.5) is 5.69 Å². The van der Waals surface area contributed by atoms with Crippen molar-refractivity contribution in [1.82, 2.24) is 9.88 Å². The number of rotatable bonds is 3. The maximum absolute atomic E-state index is 11.9. The first-order valence-corrected chi connectivity index (χ1v) is 9.44. The van der Waals surface area contributed by atoms with Gasteiger partial charge in [-0.1, -0.05) is 18.2 Å². The molecule has 0 atom stereocenters. The molecule has 8 heteroatoms. The van der Waals surface area contributed by atoms with E-state index in [1.165, 1.54) is 19.0 Å². The van der Waals surface area contributed by atoms with Gasteiger partial charge in [-0.15, -0.1) is 0 Å². The van der Waals surface area contributed by atoms with E-state index in [9.17, 15) is 9.59 Å². The first-order valence-electron chi connectivity index (χ1n) is 9.44. The van der Waals surface area contributed by atoms with Crippen molar-refractivity contribution >= 4 is 30.1 Å². The van der Waals surface area contributed by atoms with E-state index < -0.39 is 30.1 Å². The van der Waals surface area contributed by atoms with Gasteiger partial charge >= 0.3 is 18.9 Å². The summed E-state index contributed by atoms with van der Waals surface area (Å²) in [4.78, 5) is 29.1. The SMILES string of the molecule is CN(C)C(=O)C(=O)Nc1ccc(-c2cncc(B3OC(C)(C)C(C)(C)O3)c2)cc1. The summed E-state index contributed by atoms with van der Waals surface area (Å²) >= 11 is 0. The third kappa shape index (κ3) is 4.33. The minimum atomic E-state index is -0.674. The summed E-state index contributed by atoms with van der Waals surface area (Å²) in [6.45, 7) is 8.05. The number of anilines is 1. The number of likely N-dealkylation sites (N-methyl/N-ethyl adjacent to an activating group) is 1. The topological polar surface area (TPSA) is 80.8 Å². The van der Waals surface area contributed by atoms with Crippen LogP contribution in [0, 0.1) is 0 Å². The Morgan fingerprint density at radius 2 is 1.55 bits per heavy atom. The lowest BCUT2D eigenvalue weighted by molar-refractivity contribution is -0.141. The lowest BCUT2D eigenvalue weighted by Gasteiger charge is -2.32. The summed E-state index contributed by atoms with van der Waals surface area (Å²) in [6.07, 6.45) is 3.50. The third-order valence-corrected chi connectivity index (χ3v) is 5.36. The van der Waals surface area contributed by atoms with E-state index in [0.717, 1.165) is 16.6 Å². The highest BCUT2D eigenvalue weighted by atomic mass is 16.7. The number of nitrogens with zero attached hydrogens (tertiary/aromatic N) is 2. The molecule has 7 nitrogen and oxygen atoms in total. The first-order chi connectivity index (χ1) is 13.5. The highest BCUT2D eigenvalue weighted by molar-refractivity contribution is 6.62. The molecule has 1 aromatic heterocycles. The number of nitrogens with one attached hydrogen (secondary N) is 1. The Morgan fingerprint density at radius 1 is 0.966 bits per heavy atom. The minimum absolute atomic E-state index is 0.419. The van der Waals surface area contributed by atoms with Crippen LogP contribution in [-0.4, -0.2) is 54.1 Å². The summed E-state index contributed by atoms with van der Waals surface area (Å²) in [7, 11) is 2.58. The number of pyridine rings is 1. The van der Waals surface area contributed by atoms with E-state index in [0.29, 0.717) is 5.69 Å². The molecule has 0 radical (unpaired) electrons. The van der Waals surface area contributed by atoms with Gasteiger partial charge in [0, 0.05) is 37.6 Å². The smallest absolute Gasteiger partial charge is 0.399 e. The van der Waals surface area contributed by atoms with Crippen molar-refractivity contribution in [2.75, 3.05) is 19.4 Å². The van der Waals surface area contributed by atoms with Gasteiger partial charge in [-0.25, -0.2) is 0 Å². The van der Waals surface area contributed by atoms with Gasteiger partial charge in [-0.3, -0.25) is 14.6 Å². The fourth-order valence-electron chi connectivity index (χ4n) is 2.86. The Labute approximate surface area is 171 Å². The van der Waals surface area contributed by atoms with Crippen LogP contribution >= 0.6 is 0 Å². The second-order valence-electron chi connectivity index (χ2n) is 8.33. The Balaban J connectivity index is 1.76. The zero-order valence-corrected chi connectivity index (χ0v) is 17.6. The van der Waals surface area contributed by atoms with Crippen molar-refractivity contribution in [1.29, 1.82) is 0 Å². The van der Waals surface area contributed by atoms with E-state index in [2.05, 4.69) is 10.3 Å². The molecule has 1 aliphatic rings. The summed E-state index contributed by atoms with van der Waals surface area (Å²) in [5.41, 5.74) is 2.38. The highest BCUT2D eigenvalue weighted by Gasteiger charge is 2.51. The van der Waals surface area contributed by atoms with Gasteiger partial charge in [-0.2, -0.15) is 0 Å². The molecular formula is C21H26BN3O4. The average molecular weight is 395 g/mol. The molecule has 1 aliphatic heterocycles. The fraction of sp³-hybridized carbons (Fsp3) is 0.381. The molecule has 0 unspecified atom stereocenters. The van der Waals surface area contributed by atoms with E-state index in [1.807, 2.05) is 45.9 Å².